The average molecular weight is 275 g/mol. The maximum Gasteiger partial charge on any atom is 0.253 e. The average Bonchev–Trinajstić information content (AvgIpc) is 3.00. The normalized spacial score (nSPS) is 27.9. The van der Waals surface area contributed by atoms with E-state index in [1.165, 1.54) is 37.8 Å². The van der Waals surface area contributed by atoms with Crippen molar-refractivity contribution in [3.63, 3.8) is 0 Å². The van der Waals surface area contributed by atoms with Crippen LogP contribution in [0.25, 0.3) is 0 Å². The van der Waals surface area contributed by atoms with E-state index in [1.54, 1.807) is 13.0 Å². The summed E-state index contributed by atoms with van der Waals surface area (Å²) in [5.41, 5.74) is 1.34. The minimum absolute atomic E-state index is 0.0188. The van der Waals surface area contributed by atoms with Crippen LogP contribution in [-0.2, 0) is 0 Å². The number of aryl methyl sites for hydroxylation is 1. The van der Waals surface area contributed by atoms with Gasteiger partial charge in [-0.2, -0.15) is 0 Å². The topological polar surface area (TPSA) is 20.3 Å². The molecule has 0 radical (unpaired) electrons. The van der Waals surface area contributed by atoms with E-state index >= 15 is 0 Å². The third-order valence-corrected chi connectivity index (χ3v) is 5.16. The summed E-state index contributed by atoms with van der Waals surface area (Å²) in [4.78, 5) is 14.3. The summed E-state index contributed by atoms with van der Waals surface area (Å²) in [6, 6.07) is 4.40. The summed E-state index contributed by atoms with van der Waals surface area (Å²) in [5.74, 6) is 2.13. The van der Waals surface area contributed by atoms with Gasteiger partial charge in [-0.15, -0.1) is 0 Å². The van der Waals surface area contributed by atoms with E-state index in [0.29, 0.717) is 11.5 Å². The van der Waals surface area contributed by atoms with Crippen molar-refractivity contribution in [1.29, 1.82) is 0 Å². The standard InChI is InChI=1S/C17H22FNO/c1-11-7-15(18)5-6-16(11)17(20)19(2)10-14-9-12-3-4-13(14)8-12/h5-7,12-14H,3-4,8-10H2,1-2H3. The summed E-state index contributed by atoms with van der Waals surface area (Å²) >= 11 is 0. The Kier molecular flexibility index (Phi) is 3.53. The van der Waals surface area contributed by atoms with E-state index in [0.717, 1.165) is 23.9 Å². The van der Waals surface area contributed by atoms with E-state index in [1.807, 2.05) is 11.9 Å². The van der Waals surface area contributed by atoms with Gasteiger partial charge in [-0.05, 0) is 67.7 Å². The molecule has 0 N–H and O–H groups in total. The van der Waals surface area contributed by atoms with Crippen LogP contribution in [0.2, 0.25) is 0 Å². The molecule has 1 aromatic carbocycles. The number of nitrogens with zero attached hydrogens (tertiary/aromatic N) is 1. The van der Waals surface area contributed by atoms with Gasteiger partial charge in [0.2, 0.25) is 0 Å². The van der Waals surface area contributed by atoms with Crippen molar-refractivity contribution in [2.24, 2.45) is 17.8 Å². The minimum atomic E-state index is -0.283. The summed E-state index contributed by atoms with van der Waals surface area (Å²) in [7, 11) is 1.87. The predicted octanol–water partition coefficient (Wildman–Crippen LogP) is 3.64. The number of hydrogen-bond donors (Lipinski definition) is 0. The molecule has 1 amide bonds. The maximum atomic E-state index is 13.1. The van der Waals surface area contributed by atoms with Gasteiger partial charge < -0.3 is 4.90 Å². The van der Waals surface area contributed by atoms with Crippen molar-refractivity contribution in [3.8, 4) is 0 Å². The van der Waals surface area contributed by atoms with E-state index < -0.39 is 0 Å². The number of fused-ring (bicyclic) bond motifs is 2. The van der Waals surface area contributed by atoms with Crippen LogP contribution in [0.4, 0.5) is 4.39 Å². The first-order valence-corrected chi connectivity index (χ1v) is 7.56. The smallest absolute Gasteiger partial charge is 0.253 e. The van der Waals surface area contributed by atoms with Crippen LogP contribution in [0.5, 0.6) is 0 Å². The molecule has 0 saturated heterocycles. The number of carbonyl (C=O) groups is 1. The summed E-state index contributed by atoms with van der Waals surface area (Å²) < 4.78 is 13.1. The number of amides is 1. The van der Waals surface area contributed by atoms with Crippen LogP contribution in [0.3, 0.4) is 0 Å². The van der Waals surface area contributed by atoms with E-state index in [2.05, 4.69) is 0 Å². The Labute approximate surface area is 120 Å². The second-order valence-corrected chi connectivity index (χ2v) is 6.58. The van der Waals surface area contributed by atoms with Crippen molar-refractivity contribution >= 4 is 5.91 Å². The number of hydrogen-bond acceptors (Lipinski definition) is 1. The molecule has 20 heavy (non-hydrogen) atoms. The predicted molar refractivity (Wildman–Crippen MR) is 77.0 cm³/mol. The molecule has 2 aliphatic carbocycles. The third kappa shape index (κ3) is 2.46. The zero-order valence-electron chi connectivity index (χ0n) is 12.2. The summed E-state index contributed by atoms with van der Waals surface area (Å²) in [5, 5.41) is 0. The third-order valence-electron chi connectivity index (χ3n) is 5.16. The molecule has 0 aliphatic heterocycles. The molecule has 3 heteroatoms. The Balaban J connectivity index is 1.67. The van der Waals surface area contributed by atoms with Crippen LogP contribution in [0.15, 0.2) is 18.2 Å². The van der Waals surface area contributed by atoms with Crippen molar-refractivity contribution in [1.82, 2.24) is 4.90 Å². The Morgan fingerprint density at radius 3 is 2.75 bits per heavy atom. The molecule has 108 valence electrons. The molecule has 1 aromatic rings. The second kappa shape index (κ2) is 5.19. The van der Waals surface area contributed by atoms with Crippen LogP contribution in [0, 0.1) is 30.5 Å². The minimum Gasteiger partial charge on any atom is -0.341 e. The molecule has 0 spiro atoms. The molecule has 2 bridgehead atoms. The highest BCUT2D eigenvalue weighted by atomic mass is 19.1. The highest BCUT2D eigenvalue weighted by Gasteiger charge is 2.40. The summed E-state index contributed by atoms with van der Waals surface area (Å²) in [6.07, 6.45) is 5.37. The highest BCUT2D eigenvalue weighted by molar-refractivity contribution is 5.95. The largest absolute Gasteiger partial charge is 0.341 e. The summed E-state index contributed by atoms with van der Waals surface area (Å²) in [6.45, 7) is 2.64. The number of rotatable bonds is 3. The van der Waals surface area contributed by atoms with Crippen molar-refractivity contribution in [3.05, 3.63) is 35.1 Å². The number of benzene rings is 1. The second-order valence-electron chi connectivity index (χ2n) is 6.58. The van der Waals surface area contributed by atoms with Crippen molar-refractivity contribution < 1.29 is 9.18 Å². The Morgan fingerprint density at radius 2 is 2.15 bits per heavy atom. The quantitative estimate of drug-likeness (QED) is 0.824. The van der Waals surface area contributed by atoms with E-state index in [9.17, 15) is 9.18 Å². The van der Waals surface area contributed by atoms with Gasteiger partial charge in [0.25, 0.3) is 5.91 Å². The van der Waals surface area contributed by atoms with Gasteiger partial charge in [-0.3, -0.25) is 4.79 Å². The highest BCUT2D eigenvalue weighted by Crippen LogP contribution is 2.48. The molecule has 0 aromatic heterocycles. The molecule has 2 saturated carbocycles. The molecule has 2 nitrogen and oxygen atoms in total. The van der Waals surface area contributed by atoms with Crippen molar-refractivity contribution in [2.45, 2.75) is 32.6 Å². The lowest BCUT2D eigenvalue weighted by molar-refractivity contribution is 0.0753. The van der Waals surface area contributed by atoms with Gasteiger partial charge in [0.1, 0.15) is 5.82 Å². The van der Waals surface area contributed by atoms with Gasteiger partial charge in [0, 0.05) is 19.2 Å². The zero-order valence-corrected chi connectivity index (χ0v) is 12.2. The Morgan fingerprint density at radius 1 is 1.35 bits per heavy atom. The lowest BCUT2D eigenvalue weighted by atomic mass is 9.88. The van der Waals surface area contributed by atoms with Crippen LogP contribution >= 0.6 is 0 Å². The van der Waals surface area contributed by atoms with Gasteiger partial charge in [-0.1, -0.05) is 6.42 Å². The van der Waals surface area contributed by atoms with Gasteiger partial charge in [-0.25, -0.2) is 4.39 Å². The number of halogens is 1. The van der Waals surface area contributed by atoms with Crippen LogP contribution in [-0.4, -0.2) is 24.4 Å². The fourth-order valence-corrected chi connectivity index (χ4v) is 4.11. The molecular weight excluding hydrogens is 253 g/mol. The van der Waals surface area contributed by atoms with Crippen LogP contribution in [0.1, 0.15) is 41.6 Å². The molecular formula is C17H22FNO. The fourth-order valence-electron chi connectivity index (χ4n) is 4.11. The molecule has 0 heterocycles. The van der Waals surface area contributed by atoms with Gasteiger partial charge in [0.05, 0.1) is 0 Å². The first-order valence-electron chi connectivity index (χ1n) is 7.56. The molecule has 3 rings (SSSR count). The van der Waals surface area contributed by atoms with E-state index in [-0.39, 0.29) is 11.7 Å². The first-order chi connectivity index (χ1) is 9.54. The molecule has 2 fully saturated rings. The molecule has 3 atom stereocenters. The SMILES string of the molecule is Cc1cc(F)ccc1C(=O)N(C)CC1CC2CCC1C2. The number of carbonyl (C=O) groups excluding carboxylic acids is 1. The van der Waals surface area contributed by atoms with Gasteiger partial charge >= 0.3 is 0 Å². The molecule has 2 aliphatic rings. The monoisotopic (exact) mass is 275 g/mol. The van der Waals surface area contributed by atoms with Crippen LogP contribution < -0.4 is 0 Å². The lowest BCUT2D eigenvalue weighted by Gasteiger charge is -2.27. The van der Waals surface area contributed by atoms with E-state index in [4.69, 9.17) is 0 Å². The fraction of sp³-hybridized carbons (Fsp3) is 0.588. The maximum absolute atomic E-state index is 13.1. The Bertz CT molecular complexity index is 528. The lowest BCUT2D eigenvalue weighted by Crippen LogP contribution is -2.34. The first kappa shape index (κ1) is 13.6. The van der Waals surface area contributed by atoms with Crippen molar-refractivity contribution in [2.75, 3.05) is 13.6 Å². The zero-order chi connectivity index (χ0) is 14.3. The molecule has 3 unspecified atom stereocenters. The Hall–Kier alpha value is -1.38. The van der Waals surface area contributed by atoms with Gasteiger partial charge in [0.15, 0.2) is 0 Å².